The van der Waals surface area contributed by atoms with E-state index in [1.54, 1.807) is 11.8 Å². The van der Waals surface area contributed by atoms with Crippen LogP contribution in [0.5, 0.6) is 0 Å². The molecule has 0 unspecified atom stereocenters. The molecular weight excluding hydrogens is 226 g/mol. The van der Waals surface area contributed by atoms with E-state index in [2.05, 4.69) is 11.9 Å². The lowest BCUT2D eigenvalue weighted by Gasteiger charge is -2.51. The lowest BCUT2D eigenvalue weighted by Crippen LogP contribution is -2.69. The average Bonchev–Trinajstić information content (AvgIpc) is 2.55. The third-order valence-corrected chi connectivity index (χ3v) is 4.98. The summed E-state index contributed by atoms with van der Waals surface area (Å²) in [4.78, 5) is 16.0. The van der Waals surface area contributed by atoms with Crippen LogP contribution in [0.1, 0.15) is 6.92 Å². The Bertz CT molecular complexity index is 292. The molecule has 0 aliphatic carbocycles. The van der Waals surface area contributed by atoms with Gasteiger partial charge in [-0.25, -0.2) is 0 Å². The van der Waals surface area contributed by atoms with Crippen LogP contribution in [0.25, 0.3) is 0 Å². The van der Waals surface area contributed by atoms with E-state index in [1.165, 1.54) is 0 Å². The highest BCUT2D eigenvalue weighted by Gasteiger charge is 2.51. The Morgan fingerprint density at radius 2 is 2.19 bits per heavy atom. The van der Waals surface area contributed by atoms with Gasteiger partial charge in [0.25, 0.3) is 0 Å². The Kier molecular flexibility index (Phi) is 3.18. The van der Waals surface area contributed by atoms with Gasteiger partial charge in [0.1, 0.15) is 10.9 Å². The fourth-order valence-electron chi connectivity index (χ4n) is 2.14. The van der Waals surface area contributed by atoms with Crippen molar-refractivity contribution in [1.29, 1.82) is 0 Å². The van der Waals surface area contributed by atoms with Crippen LogP contribution < -0.4 is 5.73 Å². The Morgan fingerprint density at radius 3 is 2.62 bits per heavy atom. The average molecular weight is 245 g/mol. The molecule has 0 saturated carbocycles. The van der Waals surface area contributed by atoms with Crippen LogP contribution in [-0.2, 0) is 4.79 Å². The van der Waals surface area contributed by atoms with E-state index in [-0.39, 0.29) is 10.8 Å². The van der Waals surface area contributed by atoms with E-state index in [0.717, 1.165) is 25.4 Å². The van der Waals surface area contributed by atoms with Gasteiger partial charge in [-0.2, -0.15) is 0 Å². The number of thioether (sulfide) groups is 1. The Morgan fingerprint density at radius 1 is 1.56 bits per heavy atom. The molecule has 0 aromatic carbocycles. The van der Waals surface area contributed by atoms with E-state index >= 15 is 0 Å². The molecular formula is C10H19N3O2S. The smallest absolute Gasteiger partial charge is 0.242 e. The molecule has 2 fully saturated rings. The largest absolute Gasteiger partial charge is 0.391 e. The van der Waals surface area contributed by atoms with E-state index in [1.807, 2.05) is 11.8 Å². The van der Waals surface area contributed by atoms with Gasteiger partial charge in [0, 0.05) is 12.3 Å². The third kappa shape index (κ3) is 1.84. The molecule has 1 amide bonds. The van der Waals surface area contributed by atoms with Crippen molar-refractivity contribution >= 4 is 17.7 Å². The first kappa shape index (κ1) is 12.2. The molecule has 2 saturated heterocycles. The summed E-state index contributed by atoms with van der Waals surface area (Å²) in [7, 11) is 2.09. The Labute approximate surface area is 100.0 Å². The number of aliphatic hydroxyl groups excluding tert-OH is 1. The Hall–Kier alpha value is -0.300. The number of likely N-dealkylation sites (N-methyl/N-ethyl adjacent to an activating group) is 1. The van der Waals surface area contributed by atoms with E-state index < -0.39 is 12.1 Å². The van der Waals surface area contributed by atoms with Crippen LogP contribution >= 0.6 is 11.8 Å². The zero-order chi connectivity index (χ0) is 11.9. The minimum Gasteiger partial charge on any atom is -0.391 e. The van der Waals surface area contributed by atoms with E-state index in [0.29, 0.717) is 0 Å². The predicted octanol–water partition coefficient (Wildman–Crippen LogP) is -1.09. The molecule has 2 aliphatic heterocycles. The standard InChI is InChI=1S/C10H19N3O2S/c1-7(14)8(11)9(15)13-5-10(6-13)12(2)3-4-16-10/h7-8,14H,3-6,11H2,1-2H3/t7-,8+/m1/s1. The number of hydrogen-bond acceptors (Lipinski definition) is 5. The SMILES string of the molecule is C[C@@H](O)[C@H](N)C(=O)N1CC2(C1)SCCN2C. The van der Waals surface area contributed by atoms with Crippen LogP contribution in [0, 0.1) is 0 Å². The molecule has 1 spiro atoms. The maximum Gasteiger partial charge on any atom is 0.242 e. The molecule has 0 aromatic rings. The highest BCUT2D eigenvalue weighted by Crippen LogP contribution is 2.42. The van der Waals surface area contributed by atoms with Crippen LogP contribution in [0.2, 0.25) is 0 Å². The second-order valence-electron chi connectivity index (χ2n) is 4.68. The van der Waals surface area contributed by atoms with Crippen molar-refractivity contribution in [1.82, 2.24) is 9.80 Å². The fourth-order valence-corrected chi connectivity index (χ4v) is 3.69. The summed E-state index contributed by atoms with van der Waals surface area (Å²) in [6.07, 6.45) is -0.780. The van der Waals surface area contributed by atoms with Gasteiger partial charge in [0.2, 0.25) is 5.91 Å². The van der Waals surface area contributed by atoms with Crippen molar-refractivity contribution in [2.75, 3.05) is 32.4 Å². The summed E-state index contributed by atoms with van der Waals surface area (Å²) in [6.45, 7) is 4.09. The first-order valence-electron chi connectivity index (χ1n) is 5.54. The number of carbonyl (C=O) groups is 1. The topological polar surface area (TPSA) is 69.8 Å². The first-order valence-corrected chi connectivity index (χ1v) is 6.52. The molecule has 0 bridgehead atoms. The van der Waals surface area contributed by atoms with Gasteiger partial charge in [-0.1, -0.05) is 0 Å². The molecule has 2 atom stereocenters. The molecule has 0 radical (unpaired) electrons. The van der Waals surface area contributed by atoms with Crippen LogP contribution in [0.15, 0.2) is 0 Å². The molecule has 5 nitrogen and oxygen atoms in total. The number of hydrogen-bond donors (Lipinski definition) is 2. The molecule has 0 aromatic heterocycles. The van der Waals surface area contributed by atoms with Crippen LogP contribution in [0.4, 0.5) is 0 Å². The van der Waals surface area contributed by atoms with Crippen molar-refractivity contribution in [3.05, 3.63) is 0 Å². The summed E-state index contributed by atoms with van der Waals surface area (Å²) < 4.78 is 0. The van der Waals surface area contributed by atoms with E-state index in [4.69, 9.17) is 5.73 Å². The second-order valence-corrected chi connectivity index (χ2v) is 6.13. The minimum atomic E-state index is -0.783. The first-order chi connectivity index (χ1) is 7.46. The highest BCUT2D eigenvalue weighted by molar-refractivity contribution is 8.01. The Balaban J connectivity index is 1.90. The van der Waals surface area contributed by atoms with Gasteiger partial charge in [-0.15, -0.1) is 11.8 Å². The number of amides is 1. The third-order valence-electron chi connectivity index (χ3n) is 3.49. The van der Waals surface area contributed by atoms with Gasteiger partial charge < -0.3 is 15.7 Å². The van der Waals surface area contributed by atoms with Crippen LogP contribution in [-0.4, -0.2) is 70.3 Å². The molecule has 2 aliphatic rings. The van der Waals surface area contributed by atoms with E-state index in [9.17, 15) is 9.90 Å². The maximum atomic E-state index is 11.8. The zero-order valence-electron chi connectivity index (χ0n) is 9.72. The summed E-state index contributed by atoms with van der Waals surface area (Å²) in [5.74, 6) is 0.989. The normalized spacial score (nSPS) is 27.9. The van der Waals surface area contributed by atoms with Crippen molar-refractivity contribution in [2.45, 2.75) is 23.9 Å². The number of carbonyl (C=O) groups excluding carboxylic acids is 1. The van der Waals surface area contributed by atoms with Crippen molar-refractivity contribution in [2.24, 2.45) is 5.73 Å². The van der Waals surface area contributed by atoms with Crippen molar-refractivity contribution in [3.63, 3.8) is 0 Å². The molecule has 6 heteroatoms. The van der Waals surface area contributed by atoms with Crippen molar-refractivity contribution in [3.8, 4) is 0 Å². The second kappa shape index (κ2) is 4.18. The fraction of sp³-hybridized carbons (Fsp3) is 0.900. The number of likely N-dealkylation sites (tertiary alicyclic amines) is 1. The molecule has 2 heterocycles. The molecule has 16 heavy (non-hydrogen) atoms. The molecule has 92 valence electrons. The summed E-state index contributed by atoms with van der Waals surface area (Å²) >= 11 is 1.91. The number of nitrogens with two attached hydrogens (primary N) is 1. The summed E-state index contributed by atoms with van der Waals surface area (Å²) in [5, 5.41) is 9.28. The number of rotatable bonds is 2. The lowest BCUT2D eigenvalue weighted by atomic mass is 10.0. The molecule has 2 rings (SSSR count). The maximum absolute atomic E-state index is 11.8. The van der Waals surface area contributed by atoms with Crippen molar-refractivity contribution < 1.29 is 9.90 Å². The lowest BCUT2D eigenvalue weighted by molar-refractivity contribution is -0.143. The van der Waals surface area contributed by atoms with Crippen LogP contribution in [0.3, 0.4) is 0 Å². The van der Waals surface area contributed by atoms with Gasteiger partial charge in [-0.3, -0.25) is 9.69 Å². The minimum absolute atomic E-state index is 0.119. The number of aliphatic hydroxyl groups is 1. The highest BCUT2D eigenvalue weighted by atomic mass is 32.2. The zero-order valence-corrected chi connectivity index (χ0v) is 10.5. The molecule has 3 N–H and O–H groups in total. The monoisotopic (exact) mass is 245 g/mol. The summed E-state index contributed by atoms with van der Waals surface area (Å²) in [6, 6.07) is -0.783. The van der Waals surface area contributed by atoms with Gasteiger partial charge in [-0.05, 0) is 14.0 Å². The summed E-state index contributed by atoms with van der Waals surface area (Å²) in [5.41, 5.74) is 5.63. The quantitative estimate of drug-likeness (QED) is 0.647. The number of nitrogens with zero attached hydrogens (tertiary/aromatic N) is 2. The van der Waals surface area contributed by atoms with Gasteiger partial charge in [0.15, 0.2) is 0 Å². The predicted molar refractivity (Wildman–Crippen MR) is 64.1 cm³/mol. The van der Waals surface area contributed by atoms with Gasteiger partial charge >= 0.3 is 0 Å². The van der Waals surface area contributed by atoms with Gasteiger partial charge in [0.05, 0.1) is 19.2 Å².